The van der Waals surface area contributed by atoms with Crippen molar-refractivity contribution in [3.8, 4) is 0 Å². The van der Waals surface area contributed by atoms with Gasteiger partial charge in [-0.05, 0) is 30.7 Å². The Balaban J connectivity index is 2.01. The monoisotopic (exact) mass is 286 g/mol. The van der Waals surface area contributed by atoms with Crippen molar-refractivity contribution in [2.75, 3.05) is 5.32 Å². The Kier molecular flexibility index (Phi) is 4.13. The van der Waals surface area contributed by atoms with E-state index in [1.165, 1.54) is 18.2 Å². The molecule has 0 bridgehead atoms. The van der Waals surface area contributed by atoms with Gasteiger partial charge in [0.25, 0.3) is 5.69 Å². The third-order valence-corrected chi connectivity index (χ3v) is 2.78. The van der Waals surface area contributed by atoms with Crippen LogP contribution in [0.4, 0.5) is 11.5 Å². The summed E-state index contributed by atoms with van der Waals surface area (Å²) in [7, 11) is 1.74. The number of hydrogen-bond donors (Lipinski definition) is 1. The van der Waals surface area contributed by atoms with Crippen molar-refractivity contribution in [2.45, 2.75) is 6.92 Å². The van der Waals surface area contributed by atoms with Gasteiger partial charge in [0.15, 0.2) is 0 Å². The van der Waals surface area contributed by atoms with Crippen molar-refractivity contribution in [2.24, 2.45) is 7.05 Å². The number of non-ortho nitro benzene ring substituents is 1. The minimum atomic E-state index is -0.467. The summed E-state index contributed by atoms with van der Waals surface area (Å²) in [6.07, 6.45) is 2.95. The fraction of sp³-hybridized carbons (Fsp3) is 0.143. The summed E-state index contributed by atoms with van der Waals surface area (Å²) in [5, 5.41) is 17.4. The van der Waals surface area contributed by atoms with E-state index in [0.717, 1.165) is 5.69 Å². The van der Waals surface area contributed by atoms with Crippen LogP contribution < -0.4 is 5.32 Å². The highest BCUT2D eigenvalue weighted by Gasteiger charge is 2.05. The zero-order valence-corrected chi connectivity index (χ0v) is 11.6. The van der Waals surface area contributed by atoms with Gasteiger partial charge in [0.2, 0.25) is 5.91 Å². The molecule has 2 aromatic rings. The Morgan fingerprint density at radius 1 is 1.38 bits per heavy atom. The maximum absolute atomic E-state index is 11.8. The van der Waals surface area contributed by atoms with E-state index >= 15 is 0 Å². The van der Waals surface area contributed by atoms with Gasteiger partial charge in [-0.3, -0.25) is 19.6 Å². The van der Waals surface area contributed by atoms with Gasteiger partial charge in [0.1, 0.15) is 5.82 Å². The van der Waals surface area contributed by atoms with Gasteiger partial charge in [-0.25, -0.2) is 0 Å². The number of anilines is 1. The fourth-order valence-corrected chi connectivity index (χ4v) is 1.77. The first-order valence-electron chi connectivity index (χ1n) is 6.20. The highest BCUT2D eigenvalue weighted by Crippen LogP contribution is 2.13. The van der Waals surface area contributed by atoms with Crippen LogP contribution in [-0.2, 0) is 11.8 Å². The lowest BCUT2D eigenvalue weighted by molar-refractivity contribution is -0.384. The third kappa shape index (κ3) is 3.75. The van der Waals surface area contributed by atoms with Crippen molar-refractivity contribution in [3.05, 3.63) is 57.8 Å². The molecule has 1 N–H and O–H groups in total. The van der Waals surface area contributed by atoms with E-state index in [0.29, 0.717) is 11.4 Å². The van der Waals surface area contributed by atoms with E-state index in [9.17, 15) is 14.9 Å². The van der Waals surface area contributed by atoms with Crippen LogP contribution >= 0.6 is 0 Å². The lowest BCUT2D eigenvalue weighted by Crippen LogP contribution is -2.11. The molecule has 21 heavy (non-hydrogen) atoms. The SMILES string of the molecule is Cc1cc(NC(=O)/C=C\c2ccc([N+](=O)[O-])cc2)n(C)n1. The molecular formula is C14H14N4O3. The predicted octanol–water partition coefficient (Wildman–Crippen LogP) is 2.29. The summed E-state index contributed by atoms with van der Waals surface area (Å²) in [5.41, 5.74) is 1.53. The van der Waals surface area contributed by atoms with E-state index in [2.05, 4.69) is 10.4 Å². The molecular weight excluding hydrogens is 272 g/mol. The van der Waals surface area contributed by atoms with Crippen LogP contribution in [0.3, 0.4) is 0 Å². The number of amides is 1. The molecule has 0 saturated carbocycles. The number of aryl methyl sites for hydroxylation is 2. The van der Waals surface area contributed by atoms with Gasteiger partial charge in [-0.15, -0.1) is 0 Å². The molecule has 0 unspecified atom stereocenters. The maximum Gasteiger partial charge on any atom is 0.269 e. The highest BCUT2D eigenvalue weighted by atomic mass is 16.6. The smallest absolute Gasteiger partial charge is 0.269 e. The van der Waals surface area contributed by atoms with E-state index < -0.39 is 4.92 Å². The first-order valence-corrected chi connectivity index (χ1v) is 6.20. The minimum absolute atomic E-state index is 0.0157. The van der Waals surface area contributed by atoms with Crippen molar-refractivity contribution in [1.29, 1.82) is 0 Å². The molecule has 0 aliphatic rings. The van der Waals surface area contributed by atoms with Crippen LogP contribution in [0.15, 0.2) is 36.4 Å². The molecule has 2 rings (SSSR count). The topological polar surface area (TPSA) is 90.1 Å². The third-order valence-electron chi connectivity index (χ3n) is 2.78. The first kappa shape index (κ1) is 14.4. The summed E-state index contributed by atoms with van der Waals surface area (Å²) in [4.78, 5) is 21.8. The van der Waals surface area contributed by atoms with Crippen molar-refractivity contribution >= 4 is 23.5 Å². The molecule has 0 saturated heterocycles. The zero-order valence-electron chi connectivity index (χ0n) is 11.6. The summed E-state index contributed by atoms with van der Waals surface area (Å²) < 4.78 is 1.58. The van der Waals surface area contributed by atoms with Crippen LogP contribution in [0.5, 0.6) is 0 Å². The molecule has 0 aliphatic carbocycles. The number of carbonyl (C=O) groups is 1. The van der Waals surface area contributed by atoms with Crippen molar-refractivity contribution in [3.63, 3.8) is 0 Å². The number of benzene rings is 1. The Labute approximate surface area is 121 Å². The molecule has 0 radical (unpaired) electrons. The number of nitro benzene ring substituents is 1. The molecule has 108 valence electrons. The standard InChI is InChI=1S/C14H14N4O3/c1-10-9-13(17(2)16-10)15-14(19)8-5-11-3-6-12(7-4-11)18(20)21/h3-9H,1-2H3,(H,15,19)/b8-5-. The second-order valence-corrected chi connectivity index (χ2v) is 4.47. The van der Waals surface area contributed by atoms with Crippen LogP contribution in [0, 0.1) is 17.0 Å². The maximum atomic E-state index is 11.8. The number of rotatable bonds is 4. The van der Waals surface area contributed by atoms with Gasteiger partial charge in [-0.1, -0.05) is 0 Å². The lowest BCUT2D eigenvalue weighted by Gasteiger charge is -2.01. The summed E-state index contributed by atoms with van der Waals surface area (Å²) in [6.45, 7) is 1.84. The summed E-state index contributed by atoms with van der Waals surface area (Å²) in [6, 6.07) is 7.70. The van der Waals surface area contributed by atoms with Gasteiger partial charge in [-0.2, -0.15) is 5.10 Å². The molecule has 7 heteroatoms. The van der Waals surface area contributed by atoms with E-state index in [4.69, 9.17) is 0 Å². The van der Waals surface area contributed by atoms with Crippen LogP contribution in [0.1, 0.15) is 11.3 Å². The summed E-state index contributed by atoms with van der Waals surface area (Å²) >= 11 is 0. The van der Waals surface area contributed by atoms with Crippen molar-refractivity contribution in [1.82, 2.24) is 9.78 Å². The number of nitrogens with one attached hydrogen (secondary N) is 1. The minimum Gasteiger partial charge on any atom is -0.307 e. The van der Waals surface area contributed by atoms with E-state index in [1.807, 2.05) is 6.92 Å². The molecule has 0 spiro atoms. The van der Waals surface area contributed by atoms with Gasteiger partial charge < -0.3 is 5.32 Å². The second kappa shape index (κ2) is 6.00. The Bertz CT molecular complexity index is 702. The molecule has 1 aromatic carbocycles. The van der Waals surface area contributed by atoms with Crippen LogP contribution in [0.25, 0.3) is 6.08 Å². The fourth-order valence-electron chi connectivity index (χ4n) is 1.77. The van der Waals surface area contributed by atoms with Crippen molar-refractivity contribution < 1.29 is 9.72 Å². The van der Waals surface area contributed by atoms with Gasteiger partial charge in [0.05, 0.1) is 10.6 Å². The normalized spacial score (nSPS) is 10.8. The van der Waals surface area contributed by atoms with E-state index in [1.54, 1.807) is 36.0 Å². The molecule has 1 heterocycles. The average Bonchev–Trinajstić information content (AvgIpc) is 2.75. The molecule has 1 aromatic heterocycles. The number of aromatic nitrogens is 2. The Morgan fingerprint density at radius 2 is 2.05 bits per heavy atom. The first-order chi connectivity index (χ1) is 9.95. The number of carbonyl (C=O) groups excluding carboxylic acids is 1. The average molecular weight is 286 g/mol. The summed E-state index contributed by atoms with van der Waals surface area (Å²) in [5.74, 6) is 0.308. The second-order valence-electron chi connectivity index (χ2n) is 4.47. The molecule has 0 atom stereocenters. The van der Waals surface area contributed by atoms with Gasteiger partial charge >= 0.3 is 0 Å². The van der Waals surface area contributed by atoms with Gasteiger partial charge in [0, 0.05) is 31.3 Å². The Morgan fingerprint density at radius 3 is 2.57 bits per heavy atom. The lowest BCUT2D eigenvalue weighted by atomic mass is 10.2. The number of hydrogen-bond acceptors (Lipinski definition) is 4. The van der Waals surface area contributed by atoms with Crippen LogP contribution in [-0.4, -0.2) is 20.6 Å². The highest BCUT2D eigenvalue weighted by molar-refractivity contribution is 6.01. The quantitative estimate of drug-likeness (QED) is 0.530. The molecule has 0 fully saturated rings. The number of nitrogens with zero attached hydrogens (tertiary/aromatic N) is 3. The number of nitro groups is 1. The zero-order chi connectivity index (χ0) is 15.4. The predicted molar refractivity (Wildman–Crippen MR) is 78.7 cm³/mol. The molecule has 0 aliphatic heterocycles. The Hall–Kier alpha value is -2.96. The van der Waals surface area contributed by atoms with E-state index in [-0.39, 0.29) is 11.6 Å². The van der Waals surface area contributed by atoms with Crippen LogP contribution in [0.2, 0.25) is 0 Å². The largest absolute Gasteiger partial charge is 0.307 e. The molecule has 1 amide bonds. The molecule has 7 nitrogen and oxygen atoms in total.